The van der Waals surface area contributed by atoms with Gasteiger partial charge in [0.1, 0.15) is 0 Å². The van der Waals surface area contributed by atoms with E-state index >= 15 is 0 Å². The third kappa shape index (κ3) is 3.92. The van der Waals surface area contributed by atoms with Crippen molar-refractivity contribution in [2.24, 2.45) is 11.8 Å². The Hall–Kier alpha value is -2.82. The predicted octanol–water partition coefficient (Wildman–Crippen LogP) is 4.57. The van der Waals surface area contributed by atoms with E-state index in [4.69, 9.17) is 0 Å². The first-order valence-corrected chi connectivity index (χ1v) is 12.6. The molecule has 0 aromatic heterocycles. The van der Waals surface area contributed by atoms with Gasteiger partial charge in [-0.3, -0.25) is 4.79 Å². The number of carbonyl (C=O) groups excluding carboxylic acids is 2. The molecule has 2 bridgehead atoms. The maximum atomic E-state index is 13.0. The van der Waals surface area contributed by atoms with Gasteiger partial charge in [0.2, 0.25) is 5.91 Å². The molecule has 6 rings (SSSR count). The maximum Gasteiger partial charge on any atom is 0.319 e. The number of amides is 3. The molecule has 174 valence electrons. The highest BCUT2D eigenvalue weighted by molar-refractivity contribution is 5.79. The number of hydrogen-bond donors (Lipinski definition) is 1. The molecule has 1 fully saturated rings. The van der Waals surface area contributed by atoms with E-state index in [1.54, 1.807) is 0 Å². The summed E-state index contributed by atoms with van der Waals surface area (Å²) in [5, 5.41) is 3.30. The van der Waals surface area contributed by atoms with Gasteiger partial charge in [-0.15, -0.1) is 0 Å². The molecular formula is C28H35N3O2. The Morgan fingerprint density at radius 2 is 1.45 bits per heavy atom. The molecule has 5 nitrogen and oxygen atoms in total. The highest BCUT2D eigenvalue weighted by Crippen LogP contribution is 2.55. The molecule has 1 aliphatic heterocycles. The normalized spacial score (nSPS) is 23.6. The third-order valence-electron chi connectivity index (χ3n) is 8.13. The summed E-state index contributed by atoms with van der Waals surface area (Å²) >= 11 is 0. The largest absolute Gasteiger partial charge is 0.356 e. The average molecular weight is 446 g/mol. The van der Waals surface area contributed by atoms with Crippen LogP contribution in [-0.4, -0.2) is 54.5 Å². The second-order valence-electron chi connectivity index (χ2n) is 9.75. The minimum atomic E-state index is 0.00565. The number of piperidine rings is 1. The first kappa shape index (κ1) is 22.0. The van der Waals surface area contributed by atoms with E-state index in [0.717, 1.165) is 38.9 Å². The Morgan fingerprint density at radius 1 is 0.909 bits per heavy atom. The summed E-state index contributed by atoms with van der Waals surface area (Å²) < 4.78 is 0. The zero-order valence-electron chi connectivity index (χ0n) is 19.8. The molecule has 1 atom stereocenters. The van der Waals surface area contributed by atoms with Crippen LogP contribution < -0.4 is 5.32 Å². The van der Waals surface area contributed by atoms with Crippen molar-refractivity contribution in [3.05, 3.63) is 70.8 Å². The van der Waals surface area contributed by atoms with Crippen LogP contribution in [0.2, 0.25) is 0 Å². The minimum absolute atomic E-state index is 0.00565. The van der Waals surface area contributed by atoms with Gasteiger partial charge >= 0.3 is 6.03 Å². The van der Waals surface area contributed by atoms with Crippen LogP contribution in [0.3, 0.4) is 0 Å². The van der Waals surface area contributed by atoms with Crippen molar-refractivity contribution in [1.82, 2.24) is 15.1 Å². The first-order chi connectivity index (χ1) is 16.1. The van der Waals surface area contributed by atoms with E-state index in [9.17, 15) is 9.59 Å². The molecule has 0 saturated carbocycles. The molecule has 0 radical (unpaired) electrons. The number of fused-ring (bicyclic) bond motifs is 1. The van der Waals surface area contributed by atoms with Crippen LogP contribution >= 0.6 is 0 Å². The van der Waals surface area contributed by atoms with Crippen molar-refractivity contribution >= 4 is 11.9 Å². The predicted molar refractivity (Wildman–Crippen MR) is 130 cm³/mol. The molecule has 3 aliphatic carbocycles. The summed E-state index contributed by atoms with van der Waals surface area (Å²) in [7, 11) is 0. The van der Waals surface area contributed by atoms with Crippen molar-refractivity contribution in [2.45, 2.75) is 44.9 Å². The van der Waals surface area contributed by atoms with Gasteiger partial charge in [-0.2, -0.15) is 0 Å². The van der Waals surface area contributed by atoms with Crippen LogP contribution in [0.25, 0.3) is 0 Å². The lowest BCUT2D eigenvalue weighted by Gasteiger charge is -2.45. The van der Waals surface area contributed by atoms with Gasteiger partial charge in [0.15, 0.2) is 0 Å². The van der Waals surface area contributed by atoms with E-state index in [0.29, 0.717) is 30.8 Å². The third-order valence-corrected chi connectivity index (χ3v) is 8.13. The van der Waals surface area contributed by atoms with Crippen LogP contribution in [0, 0.1) is 11.8 Å². The lowest BCUT2D eigenvalue weighted by molar-refractivity contribution is -0.126. The monoisotopic (exact) mass is 445 g/mol. The van der Waals surface area contributed by atoms with Crippen molar-refractivity contribution < 1.29 is 9.59 Å². The molecule has 0 spiro atoms. The minimum Gasteiger partial charge on any atom is -0.356 e. The van der Waals surface area contributed by atoms with Gasteiger partial charge in [-0.25, -0.2) is 4.79 Å². The van der Waals surface area contributed by atoms with Crippen LogP contribution in [0.5, 0.6) is 0 Å². The highest BCUT2D eigenvalue weighted by atomic mass is 16.2. The zero-order chi connectivity index (χ0) is 22.9. The molecule has 4 aliphatic rings. The Kier molecular flexibility index (Phi) is 6.13. The molecule has 0 unspecified atom stereocenters. The molecule has 1 N–H and O–H groups in total. The molecule has 5 heteroatoms. The maximum absolute atomic E-state index is 13.0. The lowest BCUT2D eigenvalue weighted by atomic mass is 9.59. The van der Waals surface area contributed by atoms with Gasteiger partial charge in [-0.1, -0.05) is 48.5 Å². The van der Waals surface area contributed by atoms with Crippen LogP contribution in [0.15, 0.2) is 48.5 Å². The number of nitrogens with one attached hydrogen (secondary N) is 1. The second kappa shape index (κ2) is 9.20. The van der Waals surface area contributed by atoms with E-state index in [1.165, 1.54) is 22.3 Å². The Bertz CT molecular complexity index is 976. The number of benzene rings is 2. The van der Waals surface area contributed by atoms with Crippen molar-refractivity contribution in [2.75, 3.05) is 32.7 Å². The van der Waals surface area contributed by atoms with Gasteiger partial charge < -0.3 is 15.1 Å². The quantitative estimate of drug-likeness (QED) is 0.733. The van der Waals surface area contributed by atoms with Gasteiger partial charge in [-0.05, 0) is 61.3 Å². The fourth-order valence-corrected chi connectivity index (χ4v) is 6.36. The molecule has 33 heavy (non-hydrogen) atoms. The van der Waals surface area contributed by atoms with Crippen molar-refractivity contribution in [1.29, 1.82) is 0 Å². The topological polar surface area (TPSA) is 52.7 Å². The van der Waals surface area contributed by atoms with Gasteiger partial charge in [0.05, 0.1) is 0 Å². The van der Waals surface area contributed by atoms with Crippen LogP contribution in [0.1, 0.15) is 67.2 Å². The number of urea groups is 1. The Morgan fingerprint density at radius 3 is 2.00 bits per heavy atom. The van der Waals surface area contributed by atoms with Gasteiger partial charge in [0.25, 0.3) is 0 Å². The fraction of sp³-hybridized carbons (Fsp3) is 0.500. The average Bonchev–Trinajstić information content (AvgIpc) is 2.88. The summed E-state index contributed by atoms with van der Waals surface area (Å²) in [4.78, 5) is 29.4. The summed E-state index contributed by atoms with van der Waals surface area (Å²) in [5.74, 6) is 1.38. The fourth-order valence-electron chi connectivity index (χ4n) is 6.36. The van der Waals surface area contributed by atoms with Crippen LogP contribution in [-0.2, 0) is 4.79 Å². The van der Waals surface area contributed by atoms with E-state index < -0.39 is 0 Å². The van der Waals surface area contributed by atoms with E-state index in [-0.39, 0.29) is 17.9 Å². The molecular weight excluding hydrogens is 410 g/mol. The smallest absolute Gasteiger partial charge is 0.319 e. The number of carbonyl (C=O) groups is 2. The SMILES string of the molecule is CCN(CC)C(=O)N1CCC(C(=O)NC[C@H]2CC3c4ccccc4C2c2ccccc23)CC1. The number of hydrogen-bond acceptors (Lipinski definition) is 2. The number of rotatable bonds is 5. The van der Waals surface area contributed by atoms with Gasteiger partial charge in [0, 0.05) is 50.5 Å². The second-order valence-corrected chi connectivity index (χ2v) is 9.75. The molecule has 1 saturated heterocycles. The van der Waals surface area contributed by atoms with Crippen LogP contribution in [0.4, 0.5) is 4.79 Å². The summed E-state index contributed by atoms with van der Waals surface area (Å²) in [5.41, 5.74) is 5.81. The Labute approximate surface area is 197 Å². The number of nitrogens with zero attached hydrogens (tertiary/aromatic N) is 2. The lowest BCUT2D eigenvalue weighted by Crippen LogP contribution is -2.49. The molecule has 2 aromatic carbocycles. The standard InChI is InChI=1S/C28H35N3O2/c1-3-30(4-2)28(33)31-15-13-19(14-16-31)27(32)29-18-20-17-25-21-9-5-7-11-23(21)26(20)24-12-8-6-10-22(24)25/h5-12,19-20,25-26H,3-4,13-18H2,1-2H3,(H,29,32)/t20-,25?,26?/m1/s1. The summed E-state index contributed by atoms with van der Waals surface area (Å²) in [6, 6.07) is 17.8. The molecule has 2 aromatic rings. The highest BCUT2D eigenvalue weighted by Gasteiger charge is 2.43. The number of likely N-dealkylation sites (tertiary alicyclic amines) is 1. The van der Waals surface area contributed by atoms with E-state index in [1.807, 2.05) is 23.6 Å². The summed E-state index contributed by atoms with van der Waals surface area (Å²) in [6.07, 6.45) is 2.60. The zero-order valence-corrected chi connectivity index (χ0v) is 19.8. The summed E-state index contributed by atoms with van der Waals surface area (Å²) in [6.45, 7) is 7.54. The van der Waals surface area contributed by atoms with Crippen molar-refractivity contribution in [3.63, 3.8) is 0 Å². The van der Waals surface area contributed by atoms with E-state index in [2.05, 4.69) is 53.8 Å². The first-order valence-electron chi connectivity index (χ1n) is 12.6. The molecule has 3 amide bonds. The Balaban J connectivity index is 1.22. The molecule has 1 heterocycles. The van der Waals surface area contributed by atoms with Crippen molar-refractivity contribution in [3.8, 4) is 0 Å².